The number of nitrogens with zero attached hydrogens (tertiary/aromatic N) is 1. The van der Waals surface area contributed by atoms with Crippen LogP contribution in [0.25, 0.3) is 0 Å². The van der Waals surface area contributed by atoms with Gasteiger partial charge in [0.2, 0.25) is 0 Å². The molecule has 0 saturated carbocycles. The van der Waals surface area contributed by atoms with Gasteiger partial charge in [0.15, 0.2) is 0 Å². The Balaban J connectivity index is 2.48. The number of nitriles is 1. The van der Waals surface area contributed by atoms with Crippen LogP contribution in [-0.2, 0) is 11.2 Å². The molecule has 0 heterocycles. The summed E-state index contributed by atoms with van der Waals surface area (Å²) in [7, 11) is 1.40. The van der Waals surface area contributed by atoms with Crippen LogP contribution in [0.15, 0.2) is 48.6 Å². The van der Waals surface area contributed by atoms with E-state index in [0.29, 0.717) is 12.0 Å². The van der Waals surface area contributed by atoms with Gasteiger partial charge in [-0.15, -0.1) is 0 Å². The van der Waals surface area contributed by atoms with Crippen molar-refractivity contribution in [2.75, 3.05) is 12.9 Å². The van der Waals surface area contributed by atoms with Crippen LogP contribution in [0.4, 0.5) is 0 Å². The molecule has 0 aliphatic heterocycles. The Morgan fingerprint density at radius 2 is 1.93 bits per heavy atom. The van der Waals surface area contributed by atoms with Crippen molar-refractivity contribution in [2.24, 2.45) is 0 Å². The van der Waals surface area contributed by atoms with Crippen LogP contribution >= 0.6 is 11.8 Å². The zero-order chi connectivity index (χ0) is 21.9. The summed E-state index contributed by atoms with van der Waals surface area (Å²) in [6.45, 7) is 2.25. The molecule has 0 saturated heterocycles. The van der Waals surface area contributed by atoms with E-state index in [2.05, 4.69) is 37.3 Å². The van der Waals surface area contributed by atoms with Crippen LogP contribution in [0, 0.1) is 11.3 Å². The monoisotopic (exact) mass is 427 g/mol. The van der Waals surface area contributed by atoms with Crippen molar-refractivity contribution in [3.63, 3.8) is 0 Å². The zero-order valence-electron chi connectivity index (χ0n) is 18.6. The van der Waals surface area contributed by atoms with E-state index in [1.54, 1.807) is 17.8 Å². The lowest BCUT2D eigenvalue weighted by Crippen LogP contribution is -2.07. The molecule has 3 nitrogen and oxygen atoms in total. The summed E-state index contributed by atoms with van der Waals surface area (Å²) in [5.74, 6) is 0.499. The molecular formula is C26H37NO2S. The standard InChI is InChI=1S/C26H37NO2S/c1-3-4-5-6-7-8-9-10-11-12-13-18-25(30-20-15-19-27)22-23-16-14-17-24(21-23)26(28)29-2/h11-14,16-18,21,25H,3-10,15,20,22H2,1-2H3. The molecule has 1 unspecified atom stereocenters. The van der Waals surface area contributed by atoms with E-state index in [9.17, 15) is 4.79 Å². The summed E-state index contributed by atoms with van der Waals surface area (Å²) in [5, 5.41) is 9.10. The molecule has 0 N–H and O–H groups in total. The minimum Gasteiger partial charge on any atom is -0.465 e. The number of thioether (sulfide) groups is 1. The number of allylic oxidation sites excluding steroid dienone is 3. The summed E-state index contributed by atoms with van der Waals surface area (Å²) in [6, 6.07) is 9.81. The number of carbonyl (C=O) groups is 1. The first-order valence-electron chi connectivity index (χ1n) is 11.2. The Hall–Kier alpha value is -1.99. The number of hydrogen-bond acceptors (Lipinski definition) is 4. The lowest BCUT2D eigenvalue weighted by molar-refractivity contribution is 0.0600. The lowest BCUT2D eigenvalue weighted by Gasteiger charge is -2.12. The van der Waals surface area contributed by atoms with Crippen LogP contribution in [0.5, 0.6) is 0 Å². The van der Waals surface area contributed by atoms with E-state index in [1.807, 2.05) is 18.2 Å². The molecule has 164 valence electrons. The normalized spacial score (nSPS) is 12.3. The molecule has 0 bridgehead atoms. The molecule has 1 atom stereocenters. The van der Waals surface area contributed by atoms with Gasteiger partial charge in [-0.3, -0.25) is 0 Å². The van der Waals surface area contributed by atoms with E-state index in [-0.39, 0.29) is 11.2 Å². The average Bonchev–Trinajstić information content (AvgIpc) is 2.77. The molecule has 0 fully saturated rings. The smallest absolute Gasteiger partial charge is 0.337 e. The Morgan fingerprint density at radius 3 is 2.67 bits per heavy atom. The SMILES string of the molecule is CCCCCCCCCC=CC=CC(Cc1cccc(C(=O)OC)c1)SCCC#N. The fraction of sp³-hybridized carbons (Fsp3) is 0.538. The second kappa shape index (κ2) is 17.8. The van der Waals surface area contributed by atoms with Crippen molar-refractivity contribution in [3.8, 4) is 6.07 Å². The summed E-state index contributed by atoms with van der Waals surface area (Å²) in [5.41, 5.74) is 1.68. The number of unbranched alkanes of at least 4 members (excludes halogenated alkanes) is 7. The molecule has 4 heteroatoms. The Kier molecular flexibility index (Phi) is 15.5. The van der Waals surface area contributed by atoms with E-state index in [1.165, 1.54) is 52.1 Å². The van der Waals surface area contributed by atoms with Gasteiger partial charge in [-0.2, -0.15) is 17.0 Å². The van der Waals surface area contributed by atoms with Gasteiger partial charge in [0.25, 0.3) is 0 Å². The quantitative estimate of drug-likeness (QED) is 0.158. The van der Waals surface area contributed by atoms with Crippen LogP contribution in [0.1, 0.15) is 80.6 Å². The van der Waals surface area contributed by atoms with Crippen molar-refractivity contribution in [2.45, 2.75) is 76.4 Å². The van der Waals surface area contributed by atoms with Gasteiger partial charge in [0.1, 0.15) is 0 Å². The van der Waals surface area contributed by atoms with Gasteiger partial charge in [-0.05, 0) is 37.0 Å². The number of benzene rings is 1. The molecule has 0 aliphatic rings. The molecule has 1 aromatic rings. The molecular weight excluding hydrogens is 390 g/mol. The van der Waals surface area contributed by atoms with Crippen LogP contribution in [0.2, 0.25) is 0 Å². The van der Waals surface area contributed by atoms with E-state index >= 15 is 0 Å². The molecule has 30 heavy (non-hydrogen) atoms. The highest BCUT2D eigenvalue weighted by molar-refractivity contribution is 8.00. The molecule has 0 aromatic heterocycles. The summed E-state index contributed by atoms with van der Waals surface area (Å²) >= 11 is 1.78. The zero-order valence-corrected chi connectivity index (χ0v) is 19.5. The van der Waals surface area contributed by atoms with E-state index in [0.717, 1.165) is 24.2 Å². The van der Waals surface area contributed by atoms with E-state index in [4.69, 9.17) is 10.00 Å². The number of carbonyl (C=O) groups excluding carboxylic acids is 1. The molecule has 0 aliphatic carbocycles. The highest BCUT2D eigenvalue weighted by Gasteiger charge is 2.10. The number of rotatable bonds is 16. The van der Waals surface area contributed by atoms with Crippen LogP contribution in [-0.4, -0.2) is 24.1 Å². The van der Waals surface area contributed by atoms with Crippen molar-refractivity contribution in [1.82, 2.24) is 0 Å². The molecule has 0 spiro atoms. The first-order chi connectivity index (χ1) is 14.7. The van der Waals surface area contributed by atoms with Crippen molar-refractivity contribution in [1.29, 1.82) is 5.26 Å². The summed E-state index contributed by atoms with van der Waals surface area (Å²) in [6.07, 6.45) is 20.6. The highest BCUT2D eigenvalue weighted by atomic mass is 32.2. The van der Waals surface area contributed by atoms with Gasteiger partial charge < -0.3 is 4.74 Å². The van der Waals surface area contributed by atoms with Gasteiger partial charge in [0.05, 0.1) is 18.7 Å². The maximum Gasteiger partial charge on any atom is 0.337 e. The number of hydrogen-bond donors (Lipinski definition) is 0. The van der Waals surface area contributed by atoms with Gasteiger partial charge >= 0.3 is 5.97 Å². The van der Waals surface area contributed by atoms with E-state index < -0.39 is 0 Å². The maximum absolute atomic E-state index is 11.8. The van der Waals surface area contributed by atoms with Crippen LogP contribution < -0.4 is 0 Å². The minimum atomic E-state index is -0.311. The Labute approximate surface area is 187 Å². The Bertz CT molecular complexity index is 691. The third-order valence-corrected chi connectivity index (χ3v) is 6.07. The summed E-state index contributed by atoms with van der Waals surface area (Å²) < 4.78 is 4.82. The first-order valence-corrected chi connectivity index (χ1v) is 12.2. The topological polar surface area (TPSA) is 50.1 Å². The molecule has 0 radical (unpaired) electrons. The first kappa shape index (κ1) is 26.0. The van der Waals surface area contributed by atoms with Gasteiger partial charge in [-0.25, -0.2) is 4.79 Å². The third kappa shape index (κ3) is 12.5. The third-order valence-electron chi connectivity index (χ3n) is 4.88. The second-order valence-corrected chi connectivity index (χ2v) is 8.78. The minimum absolute atomic E-state index is 0.273. The average molecular weight is 428 g/mol. The number of esters is 1. The predicted molar refractivity (Wildman–Crippen MR) is 129 cm³/mol. The molecule has 1 aromatic carbocycles. The second-order valence-electron chi connectivity index (χ2n) is 7.44. The largest absolute Gasteiger partial charge is 0.465 e. The molecule has 1 rings (SSSR count). The highest BCUT2D eigenvalue weighted by Crippen LogP contribution is 2.20. The van der Waals surface area contributed by atoms with Crippen molar-refractivity contribution in [3.05, 3.63) is 59.7 Å². The van der Waals surface area contributed by atoms with Gasteiger partial charge in [-0.1, -0.05) is 81.9 Å². The number of ether oxygens (including phenoxy) is 1. The fourth-order valence-electron chi connectivity index (χ4n) is 3.20. The Morgan fingerprint density at radius 1 is 1.17 bits per heavy atom. The fourth-order valence-corrected chi connectivity index (χ4v) is 4.22. The maximum atomic E-state index is 11.8. The predicted octanol–water partition coefficient (Wildman–Crippen LogP) is 7.28. The van der Waals surface area contributed by atoms with Crippen molar-refractivity contribution >= 4 is 17.7 Å². The van der Waals surface area contributed by atoms with Crippen LogP contribution in [0.3, 0.4) is 0 Å². The summed E-state index contributed by atoms with van der Waals surface area (Å²) in [4.78, 5) is 11.8. The van der Waals surface area contributed by atoms with Crippen molar-refractivity contribution < 1.29 is 9.53 Å². The lowest BCUT2D eigenvalue weighted by atomic mass is 10.1. The van der Waals surface area contributed by atoms with Gasteiger partial charge in [0, 0.05) is 17.4 Å². The molecule has 0 amide bonds. The number of methoxy groups -OCH3 is 1.